The van der Waals surface area contributed by atoms with Gasteiger partial charge in [-0.15, -0.1) is 0 Å². The minimum absolute atomic E-state index is 0.0317. The summed E-state index contributed by atoms with van der Waals surface area (Å²) < 4.78 is 19.5. The Bertz CT molecular complexity index is 910. The number of likely N-dealkylation sites (N-methyl/N-ethyl adjacent to an activating group) is 1. The Morgan fingerprint density at radius 1 is 1.33 bits per heavy atom. The summed E-state index contributed by atoms with van der Waals surface area (Å²) in [5.74, 6) is -0.639. The summed E-state index contributed by atoms with van der Waals surface area (Å²) in [4.78, 5) is 15.9. The van der Waals surface area contributed by atoms with Crippen LogP contribution in [0.4, 0.5) is 4.39 Å². The summed E-state index contributed by atoms with van der Waals surface area (Å²) in [6.07, 6.45) is 0. The number of aromatic hydroxyl groups is 1. The zero-order chi connectivity index (χ0) is 17.3. The number of carbonyl (C=O) groups excluding carboxylic acids is 1. The van der Waals surface area contributed by atoms with E-state index in [1.807, 2.05) is 0 Å². The molecule has 1 heterocycles. The number of fused-ring (bicyclic) bond motifs is 1. The predicted octanol–water partition coefficient (Wildman–Crippen LogP) is 3.78. The van der Waals surface area contributed by atoms with Gasteiger partial charge in [-0.3, -0.25) is 4.79 Å². The SMILES string of the molecule is CNC(=O)C(C)c1ccc(Oc2nc3ccc(F)cc3s2)cc1O. The lowest BCUT2D eigenvalue weighted by molar-refractivity contribution is -0.121. The first-order valence-corrected chi connectivity index (χ1v) is 8.08. The molecule has 0 radical (unpaired) electrons. The van der Waals surface area contributed by atoms with Crippen LogP contribution in [0.3, 0.4) is 0 Å². The smallest absolute Gasteiger partial charge is 0.279 e. The molecule has 2 aromatic carbocycles. The number of halogens is 1. The number of hydrogen-bond donors (Lipinski definition) is 2. The van der Waals surface area contributed by atoms with E-state index < -0.39 is 5.92 Å². The number of carbonyl (C=O) groups is 1. The number of ether oxygens (including phenoxy) is 1. The van der Waals surface area contributed by atoms with Gasteiger partial charge in [-0.2, -0.15) is 0 Å². The van der Waals surface area contributed by atoms with Crippen molar-refractivity contribution in [2.75, 3.05) is 7.05 Å². The molecule has 1 unspecified atom stereocenters. The van der Waals surface area contributed by atoms with Gasteiger partial charge in [0.05, 0.1) is 16.1 Å². The van der Waals surface area contributed by atoms with E-state index in [2.05, 4.69) is 10.3 Å². The molecule has 0 saturated heterocycles. The minimum Gasteiger partial charge on any atom is -0.508 e. The number of amides is 1. The number of nitrogens with zero attached hydrogens (tertiary/aromatic N) is 1. The first-order chi connectivity index (χ1) is 11.5. The van der Waals surface area contributed by atoms with Crippen LogP contribution in [0.25, 0.3) is 10.2 Å². The standard InChI is InChI=1S/C17H15FN2O3S/c1-9(16(22)19-2)12-5-4-11(8-14(12)21)23-17-20-13-6-3-10(18)7-15(13)24-17/h3-9,21H,1-2H3,(H,19,22). The molecule has 7 heteroatoms. The van der Waals surface area contributed by atoms with Crippen LogP contribution in [0.5, 0.6) is 16.7 Å². The van der Waals surface area contributed by atoms with E-state index in [-0.39, 0.29) is 17.5 Å². The molecular formula is C17H15FN2O3S. The van der Waals surface area contributed by atoms with Crippen molar-refractivity contribution < 1.29 is 19.0 Å². The van der Waals surface area contributed by atoms with Gasteiger partial charge in [0.25, 0.3) is 5.19 Å². The van der Waals surface area contributed by atoms with Crippen LogP contribution >= 0.6 is 11.3 Å². The van der Waals surface area contributed by atoms with Crippen LogP contribution in [0.15, 0.2) is 36.4 Å². The number of benzene rings is 2. The van der Waals surface area contributed by atoms with Crippen LogP contribution in [0.2, 0.25) is 0 Å². The van der Waals surface area contributed by atoms with Gasteiger partial charge >= 0.3 is 0 Å². The fourth-order valence-electron chi connectivity index (χ4n) is 2.33. The highest BCUT2D eigenvalue weighted by molar-refractivity contribution is 7.20. The summed E-state index contributed by atoms with van der Waals surface area (Å²) in [5, 5.41) is 13.0. The molecule has 0 bridgehead atoms. The fourth-order valence-corrected chi connectivity index (χ4v) is 3.19. The molecule has 1 aromatic heterocycles. The van der Waals surface area contributed by atoms with E-state index in [0.29, 0.717) is 26.7 Å². The quantitative estimate of drug-likeness (QED) is 0.754. The van der Waals surface area contributed by atoms with Crippen LogP contribution in [0, 0.1) is 5.82 Å². The molecule has 0 fully saturated rings. The highest BCUT2D eigenvalue weighted by Crippen LogP contribution is 2.35. The average Bonchev–Trinajstić information content (AvgIpc) is 2.94. The normalized spacial score (nSPS) is 12.1. The summed E-state index contributed by atoms with van der Waals surface area (Å²) in [6.45, 7) is 1.70. The molecule has 1 amide bonds. The van der Waals surface area contributed by atoms with Gasteiger partial charge in [0.2, 0.25) is 5.91 Å². The third kappa shape index (κ3) is 3.16. The number of hydrogen-bond acceptors (Lipinski definition) is 5. The van der Waals surface area contributed by atoms with Crippen molar-refractivity contribution >= 4 is 27.5 Å². The Labute approximate surface area is 141 Å². The second kappa shape index (κ2) is 6.45. The number of rotatable bonds is 4. The Balaban J connectivity index is 1.84. The van der Waals surface area contributed by atoms with Crippen LogP contribution in [0.1, 0.15) is 18.4 Å². The summed E-state index contributed by atoms with van der Waals surface area (Å²) >= 11 is 1.21. The van der Waals surface area contributed by atoms with E-state index in [1.54, 1.807) is 32.2 Å². The Morgan fingerprint density at radius 3 is 2.83 bits per heavy atom. The first-order valence-electron chi connectivity index (χ1n) is 7.26. The maximum atomic E-state index is 13.2. The molecule has 5 nitrogen and oxygen atoms in total. The maximum absolute atomic E-state index is 13.2. The molecule has 0 aliphatic carbocycles. The zero-order valence-electron chi connectivity index (χ0n) is 13.0. The van der Waals surface area contributed by atoms with Gasteiger partial charge < -0.3 is 15.2 Å². The van der Waals surface area contributed by atoms with Crippen molar-refractivity contribution in [2.24, 2.45) is 0 Å². The first kappa shape index (κ1) is 16.2. The summed E-state index contributed by atoms with van der Waals surface area (Å²) in [5.41, 5.74) is 1.15. The number of phenols is 1. The lowest BCUT2D eigenvalue weighted by Crippen LogP contribution is -2.23. The molecule has 0 spiro atoms. The number of thiazole rings is 1. The van der Waals surface area contributed by atoms with Crippen LogP contribution in [-0.4, -0.2) is 23.0 Å². The summed E-state index contributed by atoms with van der Waals surface area (Å²) in [7, 11) is 1.54. The number of phenolic OH excluding ortho intramolecular Hbond substituents is 1. The number of aromatic nitrogens is 1. The highest BCUT2D eigenvalue weighted by atomic mass is 32.1. The van der Waals surface area contributed by atoms with Gasteiger partial charge in [0.15, 0.2) is 0 Å². The molecule has 3 aromatic rings. The van der Waals surface area contributed by atoms with E-state index in [9.17, 15) is 14.3 Å². The van der Waals surface area contributed by atoms with Crippen molar-refractivity contribution in [1.29, 1.82) is 0 Å². The third-order valence-corrected chi connectivity index (χ3v) is 4.54. The second-order valence-electron chi connectivity index (χ2n) is 5.25. The largest absolute Gasteiger partial charge is 0.508 e. The predicted molar refractivity (Wildman–Crippen MR) is 90.2 cm³/mol. The van der Waals surface area contributed by atoms with Gasteiger partial charge in [-0.25, -0.2) is 9.37 Å². The van der Waals surface area contributed by atoms with Crippen molar-refractivity contribution in [2.45, 2.75) is 12.8 Å². The highest BCUT2D eigenvalue weighted by Gasteiger charge is 2.18. The van der Waals surface area contributed by atoms with Crippen molar-refractivity contribution in [3.63, 3.8) is 0 Å². The Morgan fingerprint density at radius 2 is 2.12 bits per heavy atom. The molecule has 24 heavy (non-hydrogen) atoms. The topological polar surface area (TPSA) is 71.5 Å². The van der Waals surface area contributed by atoms with E-state index in [4.69, 9.17) is 4.74 Å². The van der Waals surface area contributed by atoms with Crippen molar-refractivity contribution in [3.05, 3.63) is 47.8 Å². The third-order valence-electron chi connectivity index (χ3n) is 3.64. The van der Waals surface area contributed by atoms with Crippen LogP contribution < -0.4 is 10.1 Å². The molecule has 0 saturated carbocycles. The lowest BCUT2D eigenvalue weighted by atomic mass is 9.99. The minimum atomic E-state index is -0.477. The lowest BCUT2D eigenvalue weighted by Gasteiger charge is -2.13. The van der Waals surface area contributed by atoms with Gasteiger partial charge in [0, 0.05) is 18.7 Å². The summed E-state index contributed by atoms with van der Waals surface area (Å²) in [6, 6.07) is 9.04. The van der Waals surface area contributed by atoms with Gasteiger partial charge in [-0.1, -0.05) is 17.4 Å². The van der Waals surface area contributed by atoms with E-state index in [1.165, 1.54) is 29.5 Å². The number of nitrogens with one attached hydrogen (secondary N) is 1. The molecule has 0 aliphatic heterocycles. The zero-order valence-corrected chi connectivity index (χ0v) is 13.9. The monoisotopic (exact) mass is 346 g/mol. The molecule has 124 valence electrons. The molecule has 3 rings (SSSR count). The van der Waals surface area contributed by atoms with Crippen LogP contribution in [-0.2, 0) is 4.79 Å². The Hall–Kier alpha value is -2.67. The molecular weight excluding hydrogens is 331 g/mol. The second-order valence-corrected chi connectivity index (χ2v) is 6.24. The molecule has 1 atom stereocenters. The van der Waals surface area contributed by atoms with Gasteiger partial charge in [-0.05, 0) is 31.2 Å². The fraction of sp³-hybridized carbons (Fsp3) is 0.176. The molecule has 0 aliphatic rings. The van der Waals surface area contributed by atoms with E-state index in [0.717, 1.165) is 0 Å². The van der Waals surface area contributed by atoms with Crippen molar-refractivity contribution in [1.82, 2.24) is 10.3 Å². The van der Waals surface area contributed by atoms with E-state index >= 15 is 0 Å². The van der Waals surface area contributed by atoms with Gasteiger partial charge in [0.1, 0.15) is 17.3 Å². The average molecular weight is 346 g/mol. The maximum Gasteiger partial charge on any atom is 0.279 e. The Kier molecular flexibility index (Phi) is 4.35. The molecule has 2 N–H and O–H groups in total. The van der Waals surface area contributed by atoms with Crippen molar-refractivity contribution in [3.8, 4) is 16.7 Å².